The second-order valence-electron chi connectivity index (χ2n) is 5.10. The number of carbonyl (C=O) groups is 1. The number of nitrogens with one attached hydrogen (secondary N) is 1. The van der Waals surface area contributed by atoms with Crippen LogP contribution < -0.4 is 11.1 Å². The molecule has 3 N–H and O–H groups in total. The number of hydrogen-bond donors (Lipinski definition) is 2. The molecule has 92 valence electrons. The molecule has 0 spiro atoms. The molecule has 2 aliphatic heterocycles. The monoisotopic (exact) mass is 227 g/mol. The number of primary amides is 1. The first-order chi connectivity index (χ1) is 7.53. The van der Waals surface area contributed by atoms with Gasteiger partial charge in [-0.3, -0.25) is 9.69 Å². The average molecular weight is 227 g/mol. The zero-order chi connectivity index (χ0) is 11.8. The summed E-state index contributed by atoms with van der Waals surface area (Å²) in [6.45, 7) is 4.35. The number of amides is 1. The van der Waals surface area contributed by atoms with Gasteiger partial charge in [-0.15, -0.1) is 0 Å². The van der Waals surface area contributed by atoms with Crippen molar-refractivity contribution >= 4 is 5.91 Å². The van der Waals surface area contributed by atoms with Crippen LogP contribution in [-0.4, -0.2) is 55.2 Å². The Bertz CT molecular complexity index is 272. The molecule has 0 aromatic heterocycles. The second kappa shape index (κ2) is 4.31. The van der Waals surface area contributed by atoms with E-state index in [1.807, 2.05) is 6.92 Å². The van der Waals surface area contributed by atoms with Gasteiger partial charge in [0, 0.05) is 19.6 Å². The maximum absolute atomic E-state index is 11.4. The molecule has 3 atom stereocenters. The van der Waals surface area contributed by atoms with Gasteiger partial charge in [0.2, 0.25) is 5.91 Å². The lowest BCUT2D eigenvalue weighted by atomic mass is 10.0. The molecule has 0 radical (unpaired) electrons. The number of nitrogens with zero attached hydrogens (tertiary/aromatic N) is 1. The Balaban J connectivity index is 1.96. The highest BCUT2D eigenvalue weighted by molar-refractivity contribution is 5.84. The Labute approximate surface area is 96.3 Å². The minimum atomic E-state index is -0.642. The van der Waals surface area contributed by atoms with Gasteiger partial charge in [0.05, 0.1) is 12.2 Å². The van der Waals surface area contributed by atoms with Crippen molar-refractivity contribution in [1.82, 2.24) is 10.2 Å². The summed E-state index contributed by atoms with van der Waals surface area (Å²) in [5.74, 6) is -0.297. The van der Waals surface area contributed by atoms with Gasteiger partial charge in [0.1, 0.15) is 5.54 Å². The van der Waals surface area contributed by atoms with Crippen LogP contribution in [0.15, 0.2) is 0 Å². The molecule has 2 rings (SSSR count). The van der Waals surface area contributed by atoms with E-state index in [4.69, 9.17) is 10.5 Å². The number of rotatable bonds is 4. The molecule has 2 bridgehead atoms. The number of carbonyl (C=O) groups excluding carboxylic acids is 1. The Morgan fingerprint density at radius 1 is 1.50 bits per heavy atom. The maximum atomic E-state index is 11.4. The summed E-state index contributed by atoms with van der Waals surface area (Å²) in [5, 5.41) is 3.02. The van der Waals surface area contributed by atoms with Crippen molar-refractivity contribution in [2.45, 2.75) is 37.5 Å². The molecule has 0 aliphatic carbocycles. The molecule has 2 aliphatic rings. The van der Waals surface area contributed by atoms with Crippen LogP contribution in [0, 0.1) is 0 Å². The van der Waals surface area contributed by atoms with E-state index in [-0.39, 0.29) is 5.91 Å². The quantitative estimate of drug-likeness (QED) is 0.667. The fourth-order valence-electron chi connectivity index (χ4n) is 2.56. The topological polar surface area (TPSA) is 67.6 Å². The summed E-state index contributed by atoms with van der Waals surface area (Å²) in [6.07, 6.45) is 3.00. The highest BCUT2D eigenvalue weighted by atomic mass is 16.5. The smallest absolute Gasteiger partial charge is 0.238 e. The summed E-state index contributed by atoms with van der Waals surface area (Å²) in [7, 11) is 1.78. The third kappa shape index (κ3) is 2.21. The lowest BCUT2D eigenvalue weighted by Gasteiger charge is -2.37. The summed E-state index contributed by atoms with van der Waals surface area (Å²) in [5.41, 5.74) is 4.78. The minimum absolute atomic E-state index is 0.297. The molecule has 2 saturated heterocycles. The van der Waals surface area contributed by atoms with E-state index in [1.165, 1.54) is 0 Å². The van der Waals surface area contributed by atoms with E-state index in [9.17, 15) is 4.79 Å². The van der Waals surface area contributed by atoms with Gasteiger partial charge >= 0.3 is 0 Å². The Morgan fingerprint density at radius 3 is 2.50 bits per heavy atom. The van der Waals surface area contributed by atoms with Crippen molar-refractivity contribution in [1.29, 1.82) is 0 Å². The maximum Gasteiger partial charge on any atom is 0.238 e. The van der Waals surface area contributed by atoms with Crippen LogP contribution in [-0.2, 0) is 9.53 Å². The zero-order valence-electron chi connectivity index (χ0n) is 10.0. The van der Waals surface area contributed by atoms with Crippen molar-refractivity contribution in [2.75, 3.05) is 26.7 Å². The summed E-state index contributed by atoms with van der Waals surface area (Å²) >= 11 is 0. The zero-order valence-corrected chi connectivity index (χ0v) is 10.0. The molecule has 3 unspecified atom stereocenters. The van der Waals surface area contributed by atoms with Gasteiger partial charge in [-0.05, 0) is 26.8 Å². The van der Waals surface area contributed by atoms with Crippen molar-refractivity contribution < 1.29 is 9.53 Å². The van der Waals surface area contributed by atoms with E-state index in [1.54, 1.807) is 7.05 Å². The van der Waals surface area contributed by atoms with Gasteiger partial charge in [-0.1, -0.05) is 0 Å². The third-order valence-electron chi connectivity index (χ3n) is 3.75. The van der Waals surface area contributed by atoms with E-state index >= 15 is 0 Å². The average Bonchev–Trinajstić information content (AvgIpc) is 2.58. The van der Waals surface area contributed by atoms with Gasteiger partial charge in [-0.25, -0.2) is 0 Å². The predicted octanol–water partition coefficient (Wildman–Crippen LogP) is -0.687. The number of hydrogen-bond acceptors (Lipinski definition) is 4. The van der Waals surface area contributed by atoms with E-state index in [0.29, 0.717) is 18.8 Å². The van der Waals surface area contributed by atoms with E-state index in [0.717, 1.165) is 25.9 Å². The molecule has 5 nitrogen and oxygen atoms in total. The number of fused-ring (bicyclic) bond motifs is 2. The largest absolute Gasteiger partial charge is 0.372 e. The third-order valence-corrected chi connectivity index (χ3v) is 3.75. The summed E-state index contributed by atoms with van der Waals surface area (Å²) in [6, 6.07) is 0. The van der Waals surface area contributed by atoms with Crippen LogP contribution in [0.3, 0.4) is 0 Å². The number of ether oxygens (including phenoxy) is 1. The molecule has 0 saturated carbocycles. The number of nitrogens with two attached hydrogens (primary N) is 1. The standard InChI is InChI=1S/C11H21N3O2/c1-11(13-2,10(12)15)7-14-5-8-3-4-9(6-14)16-8/h8-9,13H,3-7H2,1-2H3,(H2,12,15). The van der Waals surface area contributed by atoms with Crippen LogP contribution in [0.2, 0.25) is 0 Å². The van der Waals surface area contributed by atoms with Gasteiger partial charge < -0.3 is 15.8 Å². The van der Waals surface area contributed by atoms with Gasteiger partial charge in [0.25, 0.3) is 0 Å². The molecule has 0 aromatic carbocycles. The molecule has 2 fully saturated rings. The number of likely N-dealkylation sites (tertiary alicyclic amines) is 1. The number of likely N-dealkylation sites (N-methyl/N-ethyl adjacent to an activating group) is 1. The fraction of sp³-hybridized carbons (Fsp3) is 0.909. The van der Waals surface area contributed by atoms with Crippen LogP contribution >= 0.6 is 0 Å². The van der Waals surface area contributed by atoms with E-state index < -0.39 is 5.54 Å². The van der Waals surface area contributed by atoms with Crippen molar-refractivity contribution in [3.63, 3.8) is 0 Å². The predicted molar refractivity (Wildman–Crippen MR) is 61.0 cm³/mol. The molecule has 2 heterocycles. The normalized spacial score (nSPS) is 33.6. The lowest BCUT2D eigenvalue weighted by molar-refractivity contribution is -0.125. The first-order valence-corrected chi connectivity index (χ1v) is 5.90. The summed E-state index contributed by atoms with van der Waals surface area (Å²) in [4.78, 5) is 13.7. The molecular formula is C11H21N3O2. The molecule has 16 heavy (non-hydrogen) atoms. The van der Waals surface area contributed by atoms with Crippen molar-refractivity contribution in [3.8, 4) is 0 Å². The highest BCUT2D eigenvalue weighted by Gasteiger charge is 2.38. The van der Waals surface area contributed by atoms with Crippen LogP contribution in [0.5, 0.6) is 0 Å². The minimum Gasteiger partial charge on any atom is -0.372 e. The lowest BCUT2D eigenvalue weighted by Crippen LogP contribution is -2.60. The molecule has 0 aromatic rings. The second-order valence-corrected chi connectivity index (χ2v) is 5.10. The Hall–Kier alpha value is -0.650. The molecular weight excluding hydrogens is 206 g/mol. The first kappa shape index (κ1) is 11.8. The van der Waals surface area contributed by atoms with Crippen LogP contribution in [0.1, 0.15) is 19.8 Å². The van der Waals surface area contributed by atoms with E-state index in [2.05, 4.69) is 10.2 Å². The van der Waals surface area contributed by atoms with Crippen LogP contribution in [0.4, 0.5) is 0 Å². The summed E-state index contributed by atoms with van der Waals surface area (Å²) < 4.78 is 5.76. The molecule has 1 amide bonds. The van der Waals surface area contributed by atoms with Gasteiger partial charge in [-0.2, -0.15) is 0 Å². The molecule has 5 heteroatoms. The SMILES string of the molecule is CNC(C)(CN1CC2CCC(C1)O2)C(N)=O. The Morgan fingerprint density at radius 2 is 2.06 bits per heavy atom. The Kier molecular flexibility index (Phi) is 3.19. The highest BCUT2D eigenvalue weighted by Crippen LogP contribution is 2.26. The van der Waals surface area contributed by atoms with Crippen molar-refractivity contribution in [3.05, 3.63) is 0 Å². The first-order valence-electron chi connectivity index (χ1n) is 5.90. The van der Waals surface area contributed by atoms with Crippen LogP contribution in [0.25, 0.3) is 0 Å². The van der Waals surface area contributed by atoms with Gasteiger partial charge in [0.15, 0.2) is 0 Å². The van der Waals surface area contributed by atoms with Crippen molar-refractivity contribution in [2.24, 2.45) is 5.73 Å². The fourth-order valence-corrected chi connectivity index (χ4v) is 2.56. The number of morpholine rings is 1.